The van der Waals surface area contributed by atoms with Gasteiger partial charge in [0.1, 0.15) is 0 Å². The molecule has 3 atom stereocenters. The highest BCUT2D eigenvalue weighted by Crippen LogP contribution is 2.40. The van der Waals surface area contributed by atoms with Crippen LogP contribution in [0, 0.1) is 5.92 Å². The molecule has 0 aliphatic heterocycles. The van der Waals surface area contributed by atoms with Gasteiger partial charge in [0.2, 0.25) is 0 Å². The number of methoxy groups -OCH3 is 4. The van der Waals surface area contributed by atoms with E-state index < -0.39 is 18.1 Å². The van der Waals surface area contributed by atoms with Gasteiger partial charge in [0, 0.05) is 23.7 Å². The Balaban J connectivity index is 3.25. The molecular weight excluding hydrogens is 326 g/mol. The zero-order valence-corrected chi connectivity index (χ0v) is 15.0. The number of rotatable bonds is 9. The van der Waals surface area contributed by atoms with Crippen molar-refractivity contribution in [3.05, 3.63) is 46.4 Å². The highest BCUT2D eigenvalue weighted by Gasteiger charge is 2.28. The van der Waals surface area contributed by atoms with Gasteiger partial charge in [-0.15, -0.1) is 0 Å². The zero-order valence-electron chi connectivity index (χ0n) is 15.0. The minimum atomic E-state index is -0.620. The highest BCUT2D eigenvalue weighted by molar-refractivity contribution is 5.81. The Morgan fingerprint density at radius 1 is 1.24 bits per heavy atom. The molecule has 0 radical (unpaired) electrons. The van der Waals surface area contributed by atoms with E-state index in [1.807, 2.05) is 19.1 Å². The van der Waals surface area contributed by atoms with E-state index in [0.29, 0.717) is 11.5 Å². The Morgan fingerprint density at radius 2 is 1.96 bits per heavy atom. The smallest absolute Gasteiger partial charge is 0.330 e. The summed E-state index contributed by atoms with van der Waals surface area (Å²) in [4.78, 5) is 14.2. The molecule has 1 rings (SSSR count). The molecule has 0 unspecified atom stereocenters. The number of nitrogens with zero attached hydrogens (tertiary/aromatic N) is 3. The van der Waals surface area contributed by atoms with Gasteiger partial charge in [-0.3, -0.25) is 0 Å². The van der Waals surface area contributed by atoms with Crippen molar-refractivity contribution in [2.75, 3.05) is 28.4 Å². The number of carbonyl (C=O) groups excluding carboxylic acids is 1. The Labute approximate surface area is 147 Å². The van der Waals surface area contributed by atoms with Crippen molar-refractivity contribution < 1.29 is 23.7 Å². The molecule has 0 aliphatic rings. The van der Waals surface area contributed by atoms with Gasteiger partial charge in [0.15, 0.2) is 11.5 Å². The first-order valence-corrected chi connectivity index (χ1v) is 7.58. The molecule has 25 heavy (non-hydrogen) atoms. The first-order chi connectivity index (χ1) is 12.0. The topological polar surface area (TPSA) is 103 Å². The number of hydrogen-bond donors (Lipinski definition) is 0. The molecule has 0 saturated carbocycles. The van der Waals surface area contributed by atoms with E-state index in [-0.39, 0.29) is 5.92 Å². The summed E-state index contributed by atoms with van der Waals surface area (Å²) in [5, 5.41) is 3.76. The highest BCUT2D eigenvalue weighted by atomic mass is 16.5. The minimum Gasteiger partial charge on any atom is -0.493 e. The molecule has 8 nitrogen and oxygen atoms in total. The maximum absolute atomic E-state index is 11.3. The van der Waals surface area contributed by atoms with E-state index >= 15 is 0 Å². The van der Waals surface area contributed by atoms with Gasteiger partial charge in [-0.05, 0) is 17.5 Å². The van der Waals surface area contributed by atoms with Crippen LogP contribution < -0.4 is 9.47 Å². The fraction of sp³-hybridized carbons (Fsp3) is 0.471. The number of hydrogen-bond acceptors (Lipinski definition) is 6. The van der Waals surface area contributed by atoms with Crippen molar-refractivity contribution in [1.82, 2.24) is 0 Å². The van der Waals surface area contributed by atoms with E-state index in [1.54, 1.807) is 27.4 Å². The molecule has 0 amide bonds. The van der Waals surface area contributed by atoms with Crippen LogP contribution >= 0.6 is 0 Å². The summed E-state index contributed by atoms with van der Waals surface area (Å²) in [6.07, 6.45) is 2.27. The maximum Gasteiger partial charge on any atom is 0.330 e. The first-order valence-electron chi connectivity index (χ1n) is 7.58. The van der Waals surface area contributed by atoms with E-state index in [0.717, 1.165) is 5.56 Å². The summed E-state index contributed by atoms with van der Waals surface area (Å²) >= 11 is 0. The summed E-state index contributed by atoms with van der Waals surface area (Å²) in [6, 6.07) is 4.83. The van der Waals surface area contributed by atoms with Crippen molar-refractivity contribution in [1.29, 1.82) is 0 Å². The van der Waals surface area contributed by atoms with Crippen molar-refractivity contribution in [3.63, 3.8) is 0 Å². The monoisotopic (exact) mass is 349 g/mol. The molecule has 0 heterocycles. The Hall–Kier alpha value is -2.70. The van der Waals surface area contributed by atoms with Crippen LogP contribution in [0.2, 0.25) is 0 Å². The van der Waals surface area contributed by atoms with E-state index in [4.69, 9.17) is 19.7 Å². The largest absolute Gasteiger partial charge is 0.493 e. The lowest BCUT2D eigenvalue weighted by Crippen LogP contribution is -2.23. The van der Waals surface area contributed by atoms with E-state index in [9.17, 15) is 4.79 Å². The van der Waals surface area contributed by atoms with Crippen LogP contribution in [0.15, 0.2) is 35.5 Å². The fourth-order valence-corrected chi connectivity index (χ4v) is 2.56. The maximum atomic E-state index is 11.3. The summed E-state index contributed by atoms with van der Waals surface area (Å²) in [6.45, 7) is 1.86. The summed E-state index contributed by atoms with van der Waals surface area (Å²) in [7, 11) is 5.92. The average Bonchev–Trinajstić information content (AvgIpc) is 2.64. The Morgan fingerprint density at radius 3 is 2.48 bits per heavy atom. The third-order valence-corrected chi connectivity index (χ3v) is 3.83. The number of para-hydroxylation sites is 1. The lowest BCUT2D eigenvalue weighted by atomic mass is 9.90. The number of esters is 1. The standard InChI is InChI=1S/C17H23N3O5/c1-11(13(19-20-18)9-10-15(21)23-3)16(24-4)12-7-6-8-14(22-2)17(12)25-5/h6-11,13,16H,1-5H3/b10-9+/t11-,13-,16+/m0/s1. The van der Waals surface area contributed by atoms with E-state index in [1.165, 1.54) is 19.3 Å². The number of azide groups is 1. The van der Waals surface area contributed by atoms with Crippen LogP contribution in [-0.2, 0) is 14.3 Å². The third-order valence-electron chi connectivity index (χ3n) is 3.83. The fourth-order valence-electron chi connectivity index (χ4n) is 2.56. The number of ether oxygens (including phenoxy) is 4. The predicted octanol–water partition coefficient (Wildman–Crippen LogP) is 3.44. The number of benzene rings is 1. The molecule has 0 aromatic heterocycles. The average molecular weight is 349 g/mol. The molecular formula is C17H23N3O5. The summed E-state index contributed by atoms with van der Waals surface area (Å²) < 4.78 is 21.0. The number of carbonyl (C=O) groups is 1. The molecule has 0 spiro atoms. The van der Waals surface area contributed by atoms with Crippen molar-refractivity contribution >= 4 is 5.97 Å². The van der Waals surface area contributed by atoms with Gasteiger partial charge < -0.3 is 18.9 Å². The third kappa shape index (κ3) is 5.14. The lowest BCUT2D eigenvalue weighted by Gasteiger charge is -2.28. The normalized spacial score (nSPS) is 14.3. The molecule has 0 fully saturated rings. The van der Waals surface area contributed by atoms with Gasteiger partial charge in [-0.1, -0.05) is 30.2 Å². The lowest BCUT2D eigenvalue weighted by molar-refractivity contribution is -0.134. The van der Waals surface area contributed by atoms with Crippen molar-refractivity contribution in [2.45, 2.75) is 19.1 Å². The van der Waals surface area contributed by atoms with E-state index in [2.05, 4.69) is 14.8 Å². The van der Waals surface area contributed by atoms with Crippen LogP contribution in [-0.4, -0.2) is 40.5 Å². The molecule has 0 saturated heterocycles. The molecule has 1 aromatic carbocycles. The molecule has 0 aliphatic carbocycles. The first kappa shape index (κ1) is 20.3. The van der Waals surface area contributed by atoms with Crippen LogP contribution in [0.3, 0.4) is 0 Å². The minimum absolute atomic E-state index is 0.289. The van der Waals surface area contributed by atoms with Crippen LogP contribution in [0.25, 0.3) is 10.4 Å². The summed E-state index contributed by atoms with van der Waals surface area (Å²) in [5.41, 5.74) is 9.59. The quantitative estimate of drug-likeness (QED) is 0.223. The second kappa shape index (κ2) is 10.2. The van der Waals surface area contributed by atoms with Crippen molar-refractivity contribution in [2.24, 2.45) is 11.0 Å². The van der Waals surface area contributed by atoms with Crippen LogP contribution in [0.5, 0.6) is 11.5 Å². The van der Waals surface area contributed by atoms with Gasteiger partial charge in [0.05, 0.1) is 33.5 Å². The molecule has 136 valence electrons. The Bertz CT molecular complexity index is 656. The Kier molecular flexibility index (Phi) is 8.32. The summed E-state index contributed by atoms with van der Waals surface area (Å²) in [5.74, 6) is 0.293. The molecule has 8 heteroatoms. The second-order valence-electron chi connectivity index (χ2n) is 5.18. The molecule has 1 aromatic rings. The SMILES string of the molecule is COC(=O)/C=C/[C@H](N=[N+]=[N-])[C@H](C)[C@@H](OC)c1cccc(OC)c1OC. The van der Waals surface area contributed by atoms with Crippen LogP contribution in [0.1, 0.15) is 18.6 Å². The molecule has 0 bridgehead atoms. The van der Waals surface area contributed by atoms with Gasteiger partial charge in [-0.25, -0.2) is 4.79 Å². The van der Waals surface area contributed by atoms with Crippen LogP contribution in [0.4, 0.5) is 0 Å². The second-order valence-corrected chi connectivity index (χ2v) is 5.18. The molecule has 0 N–H and O–H groups in total. The van der Waals surface area contributed by atoms with Gasteiger partial charge >= 0.3 is 5.97 Å². The van der Waals surface area contributed by atoms with Crippen molar-refractivity contribution in [3.8, 4) is 11.5 Å². The van der Waals surface area contributed by atoms with Gasteiger partial charge in [0.25, 0.3) is 0 Å². The zero-order chi connectivity index (χ0) is 18.8. The predicted molar refractivity (Wildman–Crippen MR) is 92.6 cm³/mol. The van der Waals surface area contributed by atoms with Gasteiger partial charge in [-0.2, -0.15) is 0 Å².